The van der Waals surface area contributed by atoms with E-state index in [1.54, 1.807) is 4.72 Å². The second-order valence-electron chi connectivity index (χ2n) is 3.44. The van der Waals surface area contributed by atoms with Crippen LogP contribution >= 0.6 is 0 Å². The lowest BCUT2D eigenvalue weighted by molar-refractivity contribution is 1.42. The zero-order chi connectivity index (χ0) is 9.54. The summed E-state index contributed by atoms with van der Waals surface area (Å²) in [6, 6.07) is 8.15. The first-order valence-electron chi connectivity index (χ1n) is 4.64. The normalized spacial score (nSPS) is 17.3. The van der Waals surface area contributed by atoms with Gasteiger partial charge in [-0.05, 0) is 24.4 Å². The van der Waals surface area contributed by atoms with Crippen molar-refractivity contribution in [3.05, 3.63) is 48.6 Å². The number of rotatable bonds is 0. The largest absolute Gasteiger partial charge is 0.446 e. The SMILES string of the molecule is [B]N1B2C=CC=CN2c2ccccc21. The van der Waals surface area contributed by atoms with Gasteiger partial charge >= 0.3 is 6.98 Å². The molecule has 0 aliphatic carbocycles. The third kappa shape index (κ3) is 0.882. The molecule has 3 rings (SSSR count). The van der Waals surface area contributed by atoms with Crippen molar-refractivity contribution in [3.63, 3.8) is 0 Å². The maximum absolute atomic E-state index is 6.01. The molecule has 1 aromatic carbocycles. The average Bonchev–Trinajstić information content (AvgIpc) is 2.55. The zero-order valence-corrected chi connectivity index (χ0v) is 7.67. The molecule has 0 fully saturated rings. The summed E-state index contributed by atoms with van der Waals surface area (Å²) < 4.78 is 1.79. The monoisotopic (exact) mass is 178 g/mol. The standard InChI is InChI=1S/C10H8B2N2/c11-14-10-6-2-1-5-9(10)13-8-4-3-7-12(13)14/h1-8H. The zero-order valence-electron chi connectivity index (χ0n) is 7.67. The Kier molecular flexibility index (Phi) is 1.51. The highest BCUT2D eigenvalue weighted by Gasteiger charge is 2.34. The van der Waals surface area contributed by atoms with Crippen LogP contribution < -0.4 is 9.53 Å². The van der Waals surface area contributed by atoms with Crippen molar-refractivity contribution in [2.45, 2.75) is 0 Å². The van der Waals surface area contributed by atoms with Gasteiger partial charge in [-0.25, -0.2) is 0 Å². The van der Waals surface area contributed by atoms with E-state index in [0.29, 0.717) is 0 Å². The molecule has 2 heterocycles. The molecule has 2 radical (unpaired) electrons. The van der Waals surface area contributed by atoms with Gasteiger partial charge in [0.15, 0.2) is 0 Å². The first kappa shape index (κ1) is 7.80. The lowest BCUT2D eigenvalue weighted by Gasteiger charge is -2.23. The van der Waals surface area contributed by atoms with E-state index in [2.05, 4.69) is 23.1 Å². The third-order valence-electron chi connectivity index (χ3n) is 2.65. The van der Waals surface area contributed by atoms with E-state index in [1.807, 2.05) is 30.4 Å². The van der Waals surface area contributed by atoms with E-state index in [-0.39, 0.29) is 6.98 Å². The summed E-state index contributed by atoms with van der Waals surface area (Å²) in [6.45, 7) is 0.136. The second-order valence-corrected chi connectivity index (χ2v) is 3.44. The molecule has 64 valence electrons. The fraction of sp³-hybridized carbons (Fsp3) is 0. The van der Waals surface area contributed by atoms with Crippen LogP contribution in [-0.4, -0.2) is 15.0 Å². The van der Waals surface area contributed by atoms with E-state index < -0.39 is 0 Å². The second kappa shape index (κ2) is 2.71. The number of para-hydroxylation sites is 2. The number of hydrogen-bond acceptors (Lipinski definition) is 2. The highest BCUT2D eigenvalue weighted by atomic mass is 15.2. The van der Waals surface area contributed by atoms with Gasteiger partial charge in [0.05, 0.1) is 5.69 Å². The minimum Gasteiger partial charge on any atom is -0.446 e. The summed E-state index contributed by atoms with van der Waals surface area (Å²) in [7, 11) is 6.01. The van der Waals surface area contributed by atoms with E-state index in [1.165, 1.54) is 5.69 Å². The maximum atomic E-state index is 6.01. The minimum atomic E-state index is 0.136. The van der Waals surface area contributed by atoms with Crippen LogP contribution in [0.5, 0.6) is 0 Å². The van der Waals surface area contributed by atoms with Gasteiger partial charge < -0.3 is 9.53 Å². The molecule has 2 nitrogen and oxygen atoms in total. The Morgan fingerprint density at radius 3 is 2.71 bits per heavy atom. The Morgan fingerprint density at radius 1 is 1.07 bits per heavy atom. The van der Waals surface area contributed by atoms with Crippen molar-refractivity contribution in [1.82, 2.24) is 0 Å². The number of anilines is 2. The van der Waals surface area contributed by atoms with Gasteiger partial charge in [-0.15, -0.1) is 0 Å². The summed E-state index contributed by atoms with van der Waals surface area (Å²) in [5, 5.41) is 0. The van der Waals surface area contributed by atoms with Gasteiger partial charge in [0.25, 0.3) is 0 Å². The van der Waals surface area contributed by atoms with Gasteiger partial charge in [0, 0.05) is 5.69 Å². The molecule has 0 atom stereocenters. The van der Waals surface area contributed by atoms with E-state index in [9.17, 15) is 0 Å². The molecular weight excluding hydrogens is 170 g/mol. The Morgan fingerprint density at radius 2 is 1.86 bits per heavy atom. The van der Waals surface area contributed by atoms with Crippen LogP contribution in [0.3, 0.4) is 0 Å². The molecular formula is C10H8B2N2. The van der Waals surface area contributed by atoms with Crippen molar-refractivity contribution in [2.75, 3.05) is 9.53 Å². The summed E-state index contributed by atoms with van der Waals surface area (Å²) >= 11 is 0. The molecule has 0 saturated heterocycles. The van der Waals surface area contributed by atoms with Gasteiger partial charge in [-0.2, -0.15) is 0 Å². The highest BCUT2D eigenvalue weighted by Crippen LogP contribution is 2.37. The predicted octanol–water partition coefficient (Wildman–Crippen LogP) is 1.51. The number of hydrogen-bond donors (Lipinski definition) is 0. The van der Waals surface area contributed by atoms with Crippen LogP contribution in [0.4, 0.5) is 11.4 Å². The van der Waals surface area contributed by atoms with Crippen molar-refractivity contribution >= 4 is 26.3 Å². The molecule has 0 bridgehead atoms. The van der Waals surface area contributed by atoms with Crippen molar-refractivity contribution in [2.24, 2.45) is 0 Å². The molecule has 14 heavy (non-hydrogen) atoms. The van der Waals surface area contributed by atoms with Gasteiger partial charge in [-0.1, -0.05) is 24.2 Å². The fourth-order valence-electron chi connectivity index (χ4n) is 1.98. The topological polar surface area (TPSA) is 6.48 Å². The number of fused-ring (bicyclic) bond motifs is 3. The lowest BCUT2D eigenvalue weighted by Crippen LogP contribution is -2.44. The molecule has 2 aliphatic rings. The quantitative estimate of drug-likeness (QED) is 0.555. The Hall–Kier alpha value is -1.57. The molecule has 0 aromatic heterocycles. The molecule has 1 aromatic rings. The van der Waals surface area contributed by atoms with E-state index >= 15 is 0 Å². The van der Waals surface area contributed by atoms with Crippen LogP contribution in [0.25, 0.3) is 0 Å². The number of allylic oxidation sites excluding steroid dienone is 2. The first-order chi connectivity index (χ1) is 6.88. The smallest absolute Gasteiger partial charge is 0.394 e. The minimum absolute atomic E-state index is 0.136. The van der Waals surface area contributed by atoms with Crippen molar-refractivity contribution in [1.29, 1.82) is 0 Å². The molecule has 4 heteroatoms. The summed E-state index contributed by atoms with van der Waals surface area (Å²) in [4.78, 5) is 2.16. The third-order valence-corrected chi connectivity index (χ3v) is 2.65. The molecule has 0 unspecified atom stereocenters. The van der Waals surface area contributed by atoms with Gasteiger partial charge in [0.2, 0.25) is 7.98 Å². The summed E-state index contributed by atoms with van der Waals surface area (Å²) in [5.74, 6) is 2.08. The van der Waals surface area contributed by atoms with Gasteiger partial charge in [-0.3, -0.25) is 0 Å². The van der Waals surface area contributed by atoms with E-state index in [4.69, 9.17) is 7.98 Å². The molecule has 2 aliphatic heterocycles. The maximum Gasteiger partial charge on any atom is 0.394 e. The number of benzene rings is 1. The first-order valence-corrected chi connectivity index (χ1v) is 4.64. The highest BCUT2D eigenvalue weighted by molar-refractivity contribution is 6.81. The molecule has 0 N–H and O–H groups in total. The van der Waals surface area contributed by atoms with Crippen LogP contribution in [0.2, 0.25) is 0 Å². The Bertz CT molecular complexity index is 428. The Balaban J connectivity index is 2.17. The van der Waals surface area contributed by atoms with Crippen molar-refractivity contribution in [3.8, 4) is 0 Å². The molecule has 0 spiro atoms. The summed E-state index contributed by atoms with van der Waals surface area (Å²) in [6.07, 6.45) is 6.09. The molecule has 0 saturated carbocycles. The number of nitrogens with zero attached hydrogens (tertiary/aromatic N) is 2. The van der Waals surface area contributed by atoms with Crippen LogP contribution in [-0.2, 0) is 0 Å². The predicted molar refractivity (Wildman–Crippen MR) is 61.2 cm³/mol. The van der Waals surface area contributed by atoms with Crippen LogP contribution in [0.15, 0.2) is 48.6 Å². The van der Waals surface area contributed by atoms with Gasteiger partial charge in [0.1, 0.15) is 0 Å². The average molecular weight is 178 g/mol. The van der Waals surface area contributed by atoms with Crippen LogP contribution in [0, 0.1) is 0 Å². The van der Waals surface area contributed by atoms with Crippen molar-refractivity contribution < 1.29 is 0 Å². The van der Waals surface area contributed by atoms with E-state index in [0.717, 1.165) is 5.69 Å². The lowest BCUT2D eigenvalue weighted by atomic mass is 9.69. The van der Waals surface area contributed by atoms with Crippen LogP contribution in [0.1, 0.15) is 0 Å². The Labute approximate surface area is 85.1 Å². The fourth-order valence-corrected chi connectivity index (χ4v) is 1.98. The molecule has 0 amide bonds. The summed E-state index contributed by atoms with van der Waals surface area (Å²) in [5.41, 5.74) is 2.24.